The van der Waals surface area contributed by atoms with E-state index < -0.39 is 5.91 Å². The lowest BCUT2D eigenvalue weighted by molar-refractivity contribution is 0.0305. The smallest absolute Gasteiger partial charge is 0.250 e. The molecule has 2 fully saturated rings. The van der Waals surface area contributed by atoms with E-state index in [0.717, 1.165) is 31.6 Å². The lowest BCUT2D eigenvalue weighted by Gasteiger charge is -2.34. The van der Waals surface area contributed by atoms with Crippen LogP contribution in [0.25, 0.3) is 0 Å². The lowest BCUT2D eigenvalue weighted by atomic mass is 10.1. The summed E-state index contributed by atoms with van der Waals surface area (Å²) in [4.78, 5) is 13.5. The number of anilines is 2. The highest BCUT2D eigenvalue weighted by Crippen LogP contribution is 2.33. The second-order valence-electron chi connectivity index (χ2n) is 4.97. The minimum absolute atomic E-state index is 0.292. The van der Waals surface area contributed by atoms with Crippen LogP contribution in [-0.2, 0) is 4.74 Å². The van der Waals surface area contributed by atoms with Gasteiger partial charge in [-0.25, -0.2) is 0 Å². The summed E-state index contributed by atoms with van der Waals surface area (Å²) in [6.07, 6.45) is 2.80. The van der Waals surface area contributed by atoms with E-state index in [2.05, 4.69) is 4.90 Å². The Morgan fingerprint density at radius 2 is 1.94 bits per heavy atom. The van der Waals surface area contributed by atoms with E-state index in [0.29, 0.717) is 23.5 Å². The quantitative estimate of drug-likeness (QED) is 0.755. The molecule has 4 N–H and O–H groups in total. The van der Waals surface area contributed by atoms with Crippen LogP contribution in [0.1, 0.15) is 23.2 Å². The summed E-state index contributed by atoms with van der Waals surface area (Å²) in [5.74, 6) is -0.481. The number of para-hydroxylation sites is 1. The molecule has 5 heteroatoms. The molecule has 3 rings (SSSR count). The number of nitrogens with two attached hydrogens (primary N) is 2. The van der Waals surface area contributed by atoms with E-state index in [1.807, 2.05) is 12.1 Å². The summed E-state index contributed by atoms with van der Waals surface area (Å²) in [6, 6.07) is 5.42. The fraction of sp³-hybridized carbons (Fsp3) is 0.462. The maximum absolute atomic E-state index is 11.3. The Balaban J connectivity index is 1.92. The number of hydrogen-bond donors (Lipinski definition) is 2. The first-order valence-electron chi connectivity index (χ1n) is 6.24. The number of amides is 1. The van der Waals surface area contributed by atoms with Gasteiger partial charge in [-0.3, -0.25) is 4.79 Å². The number of carbonyl (C=O) groups is 1. The summed E-state index contributed by atoms with van der Waals surface area (Å²) < 4.78 is 5.79. The molecule has 1 aromatic rings. The van der Waals surface area contributed by atoms with Gasteiger partial charge in [-0.15, -0.1) is 0 Å². The highest BCUT2D eigenvalue weighted by Gasteiger charge is 2.34. The van der Waals surface area contributed by atoms with E-state index in [-0.39, 0.29) is 0 Å². The SMILES string of the molecule is NC(=O)c1cccc(N2CC3CCC(C2)O3)c1N. The van der Waals surface area contributed by atoms with Crippen molar-refractivity contribution in [2.45, 2.75) is 25.0 Å². The van der Waals surface area contributed by atoms with Gasteiger partial charge in [0.05, 0.1) is 29.1 Å². The van der Waals surface area contributed by atoms with E-state index >= 15 is 0 Å². The van der Waals surface area contributed by atoms with Gasteiger partial charge in [0, 0.05) is 13.1 Å². The fourth-order valence-corrected chi connectivity index (χ4v) is 2.86. The topological polar surface area (TPSA) is 81.6 Å². The normalized spacial score (nSPS) is 26.3. The molecule has 2 heterocycles. The number of primary amides is 1. The van der Waals surface area contributed by atoms with Crippen molar-refractivity contribution in [2.75, 3.05) is 23.7 Å². The number of carbonyl (C=O) groups excluding carboxylic acids is 1. The van der Waals surface area contributed by atoms with Crippen molar-refractivity contribution >= 4 is 17.3 Å². The summed E-state index contributed by atoms with van der Waals surface area (Å²) in [6.45, 7) is 1.67. The summed E-state index contributed by atoms with van der Waals surface area (Å²) in [5, 5.41) is 0. The molecule has 0 aromatic heterocycles. The van der Waals surface area contributed by atoms with Crippen LogP contribution >= 0.6 is 0 Å². The van der Waals surface area contributed by atoms with Gasteiger partial charge >= 0.3 is 0 Å². The van der Waals surface area contributed by atoms with E-state index in [1.54, 1.807) is 6.07 Å². The molecule has 2 saturated heterocycles. The Morgan fingerprint density at radius 1 is 1.28 bits per heavy atom. The van der Waals surface area contributed by atoms with E-state index in [9.17, 15) is 4.79 Å². The fourth-order valence-electron chi connectivity index (χ4n) is 2.86. The zero-order valence-corrected chi connectivity index (χ0v) is 10.1. The minimum atomic E-state index is -0.481. The molecule has 18 heavy (non-hydrogen) atoms. The number of rotatable bonds is 2. The Labute approximate surface area is 106 Å². The van der Waals surface area contributed by atoms with Crippen molar-refractivity contribution in [3.8, 4) is 0 Å². The maximum atomic E-state index is 11.3. The van der Waals surface area contributed by atoms with E-state index in [1.165, 1.54) is 0 Å². The van der Waals surface area contributed by atoms with Crippen molar-refractivity contribution in [1.29, 1.82) is 0 Å². The van der Waals surface area contributed by atoms with Crippen LogP contribution in [0.3, 0.4) is 0 Å². The van der Waals surface area contributed by atoms with Crippen molar-refractivity contribution in [2.24, 2.45) is 5.73 Å². The number of benzene rings is 1. The molecule has 96 valence electrons. The molecular weight excluding hydrogens is 230 g/mol. The number of nitrogens with zero attached hydrogens (tertiary/aromatic N) is 1. The second kappa shape index (κ2) is 4.17. The third-order valence-corrected chi connectivity index (χ3v) is 3.73. The second-order valence-corrected chi connectivity index (χ2v) is 4.97. The molecule has 0 radical (unpaired) electrons. The summed E-state index contributed by atoms with van der Waals surface area (Å²) in [7, 11) is 0. The molecule has 1 aromatic carbocycles. The first-order chi connectivity index (χ1) is 8.65. The zero-order chi connectivity index (χ0) is 12.7. The molecule has 0 saturated carbocycles. The molecule has 0 aliphatic carbocycles. The van der Waals surface area contributed by atoms with Crippen LogP contribution in [0.2, 0.25) is 0 Å². The van der Waals surface area contributed by atoms with Crippen molar-refractivity contribution in [1.82, 2.24) is 0 Å². The van der Waals surface area contributed by atoms with Crippen LogP contribution in [0.5, 0.6) is 0 Å². The first-order valence-corrected chi connectivity index (χ1v) is 6.24. The Kier molecular flexibility index (Phi) is 2.63. The predicted octanol–water partition coefficient (Wildman–Crippen LogP) is 0.735. The molecule has 2 aliphatic rings. The molecule has 2 bridgehead atoms. The zero-order valence-electron chi connectivity index (χ0n) is 10.1. The third kappa shape index (κ3) is 1.80. The Morgan fingerprint density at radius 3 is 2.56 bits per heavy atom. The van der Waals surface area contributed by atoms with Gasteiger partial charge in [0.15, 0.2) is 0 Å². The number of nitrogen functional groups attached to an aromatic ring is 1. The highest BCUT2D eigenvalue weighted by atomic mass is 16.5. The van der Waals surface area contributed by atoms with Crippen molar-refractivity contribution in [3.63, 3.8) is 0 Å². The van der Waals surface area contributed by atoms with Crippen LogP contribution in [0.4, 0.5) is 11.4 Å². The largest absolute Gasteiger partial charge is 0.396 e. The van der Waals surface area contributed by atoms with E-state index in [4.69, 9.17) is 16.2 Å². The van der Waals surface area contributed by atoms with Gasteiger partial charge in [-0.1, -0.05) is 6.07 Å². The van der Waals surface area contributed by atoms with Crippen molar-refractivity contribution < 1.29 is 9.53 Å². The molecule has 2 aliphatic heterocycles. The molecule has 0 spiro atoms. The van der Waals surface area contributed by atoms with Gasteiger partial charge in [0.25, 0.3) is 5.91 Å². The van der Waals surface area contributed by atoms with Gasteiger partial charge in [0.2, 0.25) is 0 Å². The predicted molar refractivity (Wildman–Crippen MR) is 69.5 cm³/mol. The lowest BCUT2D eigenvalue weighted by Crippen LogP contribution is -2.43. The average molecular weight is 247 g/mol. The van der Waals surface area contributed by atoms with Gasteiger partial charge in [-0.2, -0.15) is 0 Å². The monoisotopic (exact) mass is 247 g/mol. The van der Waals surface area contributed by atoms with Crippen LogP contribution in [0, 0.1) is 0 Å². The number of hydrogen-bond acceptors (Lipinski definition) is 4. The number of fused-ring (bicyclic) bond motifs is 2. The number of morpholine rings is 1. The van der Waals surface area contributed by atoms with Crippen LogP contribution in [0.15, 0.2) is 18.2 Å². The first kappa shape index (κ1) is 11.3. The molecular formula is C13H17N3O2. The Bertz CT molecular complexity index is 477. The van der Waals surface area contributed by atoms with Gasteiger partial charge in [-0.05, 0) is 25.0 Å². The van der Waals surface area contributed by atoms with Crippen molar-refractivity contribution in [3.05, 3.63) is 23.8 Å². The minimum Gasteiger partial charge on any atom is -0.396 e. The molecule has 1 amide bonds. The summed E-state index contributed by atoms with van der Waals surface area (Å²) >= 11 is 0. The maximum Gasteiger partial charge on any atom is 0.250 e. The van der Waals surface area contributed by atoms with Crippen LogP contribution < -0.4 is 16.4 Å². The summed E-state index contributed by atoms with van der Waals surface area (Å²) in [5.41, 5.74) is 13.1. The molecule has 5 nitrogen and oxygen atoms in total. The third-order valence-electron chi connectivity index (χ3n) is 3.73. The molecule has 2 unspecified atom stereocenters. The van der Waals surface area contributed by atoms with Gasteiger partial charge < -0.3 is 21.1 Å². The highest BCUT2D eigenvalue weighted by molar-refractivity contribution is 6.00. The Hall–Kier alpha value is -1.75. The van der Waals surface area contributed by atoms with Crippen LogP contribution in [-0.4, -0.2) is 31.2 Å². The average Bonchev–Trinajstić information content (AvgIpc) is 2.68. The van der Waals surface area contributed by atoms with Gasteiger partial charge in [0.1, 0.15) is 0 Å². The molecule has 2 atom stereocenters. The standard InChI is InChI=1S/C13H17N3O2/c14-12-10(13(15)17)2-1-3-11(12)16-6-8-4-5-9(7-16)18-8/h1-3,8-9H,4-7,14H2,(H2,15,17). The number of ether oxygens (including phenoxy) is 1.